The summed E-state index contributed by atoms with van der Waals surface area (Å²) < 4.78 is 45.0. The third-order valence-corrected chi connectivity index (χ3v) is 6.38. The van der Waals surface area contributed by atoms with Gasteiger partial charge in [-0.3, -0.25) is 9.69 Å². The van der Waals surface area contributed by atoms with Gasteiger partial charge in [0, 0.05) is 37.9 Å². The number of carbonyl (C=O) groups is 1. The van der Waals surface area contributed by atoms with Gasteiger partial charge in [-0.25, -0.2) is 12.8 Å². The number of nitrogens with one attached hydrogen (secondary N) is 1. The number of benzene rings is 2. The first kappa shape index (κ1) is 20.2. The van der Waals surface area contributed by atoms with Gasteiger partial charge in [0.05, 0.1) is 18.6 Å². The predicted molar refractivity (Wildman–Crippen MR) is 103 cm³/mol. The third kappa shape index (κ3) is 4.86. The van der Waals surface area contributed by atoms with Crippen LogP contribution in [0.25, 0.3) is 0 Å². The van der Waals surface area contributed by atoms with Gasteiger partial charge in [-0.15, -0.1) is 0 Å². The number of anilines is 1. The van der Waals surface area contributed by atoms with Crippen LogP contribution in [0.15, 0.2) is 53.4 Å². The Bertz CT molecular complexity index is 944. The minimum Gasteiger partial charge on any atom is -0.497 e. The first-order valence-electron chi connectivity index (χ1n) is 8.80. The molecule has 1 amide bonds. The molecule has 28 heavy (non-hydrogen) atoms. The normalized spacial score (nSPS) is 15.9. The van der Waals surface area contributed by atoms with Crippen molar-refractivity contribution < 1.29 is 22.3 Å². The van der Waals surface area contributed by atoms with Crippen LogP contribution in [-0.2, 0) is 14.8 Å². The van der Waals surface area contributed by atoms with Crippen LogP contribution in [0.3, 0.4) is 0 Å². The molecule has 1 saturated heterocycles. The van der Waals surface area contributed by atoms with Crippen molar-refractivity contribution in [3.63, 3.8) is 0 Å². The maximum Gasteiger partial charge on any atom is 0.243 e. The molecule has 0 saturated carbocycles. The smallest absolute Gasteiger partial charge is 0.243 e. The molecule has 7 nitrogen and oxygen atoms in total. The van der Waals surface area contributed by atoms with Crippen LogP contribution in [-0.4, -0.2) is 63.4 Å². The lowest BCUT2D eigenvalue weighted by Crippen LogP contribution is -2.50. The topological polar surface area (TPSA) is 79.0 Å². The second kappa shape index (κ2) is 8.68. The molecule has 2 aromatic rings. The molecule has 1 fully saturated rings. The van der Waals surface area contributed by atoms with E-state index in [-0.39, 0.29) is 30.4 Å². The van der Waals surface area contributed by atoms with Gasteiger partial charge in [-0.2, -0.15) is 4.31 Å². The molecule has 1 heterocycles. The fourth-order valence-corrected chi connectivity index (χ4v) is 4.46. The van der Waals surface area contributed by atoms with Crippen LogP contribution < -0.4 is 10.1 Å². The predicted octanol–water partition coefficient (Wildman–Crippen LogP) is 1.78. The van der Waals surface area contributed by atoms with Gasteiger partial charge in [-0.05, 0) is 30.3 Å². The second-order valence-corrected chi connectivity index (χ2v) is 8.36. The molecule has 9 heteroatoms. The van der Waals surface area contributed by atoms with Gasteiger partial charge in [0.15, 0.2) is 0 Å². The minimum atomic E-state index is -3.74. The largest absolute Gasteiger partial charge is 0.497 e. The SMILES string of the molecule is COc1cccc(NC(=O)CN2CCN(S(=O)(=O)c3cccc(F)c3)CC2)c1. The fourth-order valence-electron chi connectivity index (χ4n) is 3.01. The van der Waals surface area contributed by atoms with Crippen molar-refractivity contribution in [2.75, 3.05) is 45.2 Å². The number of rotatable bonds is 6. The number of amides is 1. The monoisotopic (exact) mass is 407 g/mol. The molecule has 150 valence electrons. The summed E-state index contributed by atoms with van der Waals surface area (Å²) in [6.45, 7) is 1.47. The van der Waals surface area contributed by atoms with Crippen LogP contribution in [0.4, 0.5) is 10.1 Å². The Morgan fingerprint density at radius 1 is 1.11 bits per heavy atom. The van der Waals surface area contributed by atoms with Gasteiger partial charge in [0.1, 0.15) is 11.6 Å². The van der Waals surface area contributed by atoms with Crippen LogP contribution in [0, 0.1) is 5.82 Å². The number of methoxy groups -OCH3 is 1. The van der Waals surface area contributed by atoms with Gasteiger partial charge in [-0.1, -0.05) is 12.1 Å². The Kier molecular flexibility index (Phi) is 6.28. The molecule has 0 aromatic heterocycles. The van der Waals surface area contributed by atoms with Crippen molar-refractivity contribution in [2.24, 2.45) is 0 Å². The van der Waals surface area contributed by atoms with E-state index in [9.17, 15) is 17.6 Å². The zero-order chi connectivity index (χ0) is 20.1. The summed E-state index contributed by atoms with van der Waals surface area (Å²) >= 11 is 0. The van der Waals surface area contributed by atoms with E-state index >= 15 is 0 Å². The first-order chi connectivity index (χ1) is 13.4. The Labute approximate surface area is 163 Å². The third-order valence-electron chi connectivity index (χ3n) is 4.49. The lowest BCUT2D eigenvalue weighted by molar-refractivity contribution is -0.117. The minimum absolute atomic E-state index is 0.0586. The number of piperazine rings is 1. The summed E-state index contributed by atoms with van der Waals surface area (Å²) in [5.74, 6) is -0.127. The summed E-state index contributed by atoms with van der Waals surface area (Å²) in [6, 6.07) is 12.0. The zero-order valence-electron chi connectivity index (χ0n) is 15.5. The molecule has 2 aromatic carbocycles. The van der Waals surface area contributed by atoms with Crippen molar-refractivity contribution >= 4 is 21.6 Å². The van der Waals surface area contributed by atoms with E-state index in [0.29, 0.717) is 24.5 Å². The Hall–Kier alpha value is -2.49. The lowest BCUT2D eigenvalue weighted by atomic mass is 10.3. The number of ether oxygens (including phenoxy) is 1. The average molecular weight is 407 g/mol. The van der Waals surface area contributed by atoms with Crippen LogP contribution in [0.2, 0.25) is 0 Å². The molecular formula is C19H22FN3O4S. The van der Waals surface area contributed by atoms with E-state index in [1.54, 1.807) is 31.4 Å². The number of halogens is 1. The number of sulfonamides is 1. The molecule has 0 unspecified atom stereocenters. The van der Waals surface area contributed by atoms with Crippen molar-refractivity contribution in [3.05, 3.63) is 54.3 Å². The Morgan fingerprint density at radius 3 is 2.50 bits per heavy atom. The molecule has 0 radical (unpaired) electrons. The maximum atomic E-state index is 13.4. The highest BCUT2D eigenvalue weighted by molar-refractivity contribution is 7.89. The van der Waals surface area contributed by atoms with Crippen molar-refractivity contribution in [3.8, 4) is 5.75 Å². The summed E-state index contributed by atoms with van der Waals surface area (Å²) in [4.78, 5) is 14.1. The second-order valence-electron chi connectivity index (χ2n) is 6.42. The summed E-state index contributed by atoms with van der Waals surface area (Å²) in [5.41, 5.74) is 0.636. The average Bonchev–Trinajstić information content (AvgIpc) is 2.68. The zero-order valence-corrected chi connectivity index (χ0v) is 16.3. The maximum absolute atomic E-state index is 13.4. The van der Waals surface area contributed by atoms with Crippen molar-refractivity contribution in [2.45, 2.75) is 4.90 Å². The van der Waals surface area contributed by atoms with Crippen molar-refractivity contribution in [1.29, 1.82) is 0 Å². The van der Waals surface area contributed by atoms with E-state index in [1.807, 2.05) is 4.90 Å². The quantitative estimate of drug-likeness (QED) is 0.790. The molecule has 0 bridgehead atoms. The summed E-state index contributed by atoms with van der Waals surface area (Å²) in [5, 5.41) is 2.80. The van der Waals surface area contributed by atoms with E-state index < -0.39 is 15.8 Å². The van der Waals surface area contributed by atoms with Crippen LogP contribution in [0.1, 0.15) is 0 Å². The number of carbonyl (C=O) groups excluding carboxylic acids is 1. The molecule has 0 atom stereocenters. The summed E-state index contributed by atoms with van der Waals surface area (Å²) in [7, 11) is -2.19. The van der Waals surface area contributed by atoms with Gasteiger partial charge in [0.25, 0.3) is 0 Å². The highest BCUT2D eigenvalue weighted by Crippen LogP contribution is 2.19. The number of hydrogen-bond donors (Lipinski definition) is 1. The van der Waals surface area contributed by atoms with Gasteiger partial charge in [0.2, 0.25) is 15.9 Å². The van der Waals surface area contributed by atoms with Gasteiger partial charge < -0.3 is 10.1 Å². The van der Waals surface area contributed by atoms with E-state index in [4.69, 9.17) is 4.74 Å². The Morgan fingerprint density at radius 2 is 1.82 bits per heavy atom. The number of nitrogens with zero attached hydrogens (tertiary/aromatic N) is 2. The molecule has 1 N–H and O–H groups in total. The van der Waals surface area contributed by atoms with Crippen molar-refractivity contribution in [1.82, 2.24) is 9.21 Å². The van der Waals surface area contributed by atoms with E-state index in [2.05, 4.69) is 5.32 Å². The molecule has 1 aliphatic rings. The molecule has 0 aliphatic carbocycles. The van der Waals surface area contributed by atoms with E-state index in [0.717, 1.165) is 6.07 Å². The molecule has 3 rings (SSSR count). The van der Waals surface area contributed by atoms with Crippen LogP contribution in [0.5, 0.6) is 5.75 Å². The highest BCUT2D eigenvalue weighted by Gasteiger charge is 2.29. The molecular weight excluding hydrogens is 385 g/mol. The standard InChI is InChI=1S/C19H22FN3O4S/c1-27-17-6-3-5-16(13-17)21-19(24)14-22-8-10-23(11-9-22)28(25,26)18-7-2-4-15(20)12-18/h2-7,12-13H,8-11,14H2,1H3,(H,21,24). The Balaban J connectivity index is 1.54. The van der Waals surface area contributed by atoms with E-state index in [1.165, 1.54) is 22.5 Å². The first-order valence-corrected chi connectivity index (χ1v) is 10.2. The molecule has 0 spiro atoms. The fraction of sp³-hybridized carbons (Fsp3) is 0.316. The number of hydrogen-bond acceptors (Lipinski definition) is 5. The van der Waals surface area contributed by atoms with Gasteiger partial charge >= 0.3 is 0 Å². The molecule has 1 aliphatic heterocycles. The lowest BCUT2D eigenvalue weighted by Gasteiger charge is -2.33. The summed E-state index contributed by atoms with van der Waals surface area (Å²) in [6.07, 6.45) is 0. The van der Waals surface area contributed by atoms with Crippen LogP contribution >= 0.6 is 0 Å². The highest BCUT2D eigenvalue weighted by atomic mass is 32.2.